The summed E-state index contributed by atoms with van der Waals surface area (Å²) < 4.78 is 24.2. The van der Waals surface area contributed by atoms with Gasteiger partial charge in [0, 0.05) is 32.0 Å². The fourth-order valence-corrected chi connectivity index (χ4v) is 4.15. The molecular weight excluding hydrogens is 348 g/mol. The van der Waals surface area contributed by atoms with Gasteiger partial charge in [-0.25, -0.2) is 9.78 Å². The van der Waals surface area contributed by atoms with Crippen LogP contribution in [0.15, 0.2) is 22.6 Å². The molecule has 2 fully saturated rings. The van der Waals surface area contributed by atoms with Gasteiger partial charge in [0.25, 0.3) is 0 Å². The first kappa shape index (κ1) is 16.6. The number of ether oxygens (including phenoxy) is 4. The molecule has 0 saturated carbocycles. The van der Waals surface area contributed by atoms with Gasteiger partial charge in [-0.3, -0.25) is 4.57 Å². The number of nitrogens with zero attached hydrogens (tertiary/aromatic N) is 3. The molecule has 2 saturated heterocycles. The van der Waals surface area contributed by atoms with E-state index >= 15 is 0 Å². The van der Waals surface area contributed by atoms with Crippen LogP contribution in [0.25, 0.3) is 10.6 Å². The van der Waals surface area contributed by atoms with Crippen LogP contribution in [0.2, 0.25) is 0 Å². The lowest BCUT2D eigenvalue weighted by molar-refractivity contribution is -0.191. The van der Waals surface area contributed by atoms with Gasteiger partial charge in [0.05, 0.1) is 18.8 Å². The zero-order valence-electron chi connectivity index (χ0n) is 13.7. The average Bonchev–Trinajstić information content (AvgIpc) is 3.28. The molecule has 10 heteroatoms. The van der Waals surface area contributed by atoms with Gasteiger partial charge >= 0.3 is 5.69 Å². The predicted octanol–water partition coefficient (Wildman–Crippen LogP) is 0.277. The minimum atomic E-state index is -0.749. The maximum Gasteiger partial charge on any atom is 0.351 e. The van der Waals surface area contributed by atoms with Crippen molar-refractivity contribution in [2.75, 3.05) is 33.2 Å². The molecular formula is C15H18N4O5S. The first-order valence-corrected chi connectivity index (χ1v) is 8.57. The van der Waals surface area contributed by atoms with Crippen LogP contribution < -0.4 is 11.4 Å². The van der Waals surface area contributed by atoms with E-state index in [-0.39, 0.29) is 11.9 Å². The first-order chi connectivity index (χ1) is 12.1. The second kappa shape index (κ2) is 6.15. The normalized spacial score (nSPS) is 30.9. The molecule has 0 spiro atoms. The van der Waals surface area contributed by atoms with E-state index in [1.165, 1.54) is 15.9 Å². The molecule has 2 aromatic heterocycles. The molecule has 2 aliphatic heterocycles. The molecule has 0 amide bonds. The maximum atomic E-state index is 12.4. The number of nitrogens with two attached hydrogens (primary N) is 1. The molecule has 134 valence electrons. The summed E-state index contributed by atoms with van der Waals surface area (Å²) in [5.74, 6) is 0.134. The van der Waals surface area contributed by atoms with Crippen LogP contribution in [0.1, 0.15) is 6.23 Å². The largest absolute Gasteiger partial charge is 0.383 e. The van der Waals surface area contributed by atoms with E-state index in [9.17, 15) is 4.79 Å². The summed E-state index contributed by atoms with van der Waals surface area (Å²) in [6.07, 6.45) is 1.83. The highest BCUT2D eigenvalue weighted by Crippen LogP contribution is 2.46. The van der Waals surface area contributed by atoms with Crippen molar-refractivity contribution in [1.29, 1.82) is 0 Å². The predicted molar refractivity (Wildman–Crippen MR) is 89.3 cm³/mol. The lowest BCUT2D eigenvalue weighted by atomic mass is 10.0. The number of anilines is 1. The van der Waals surface area contributed by atoms with Gasteiger partial charge in [0.1, 0.15) is 28.6 Å². The van der Waals surface area contributed by atoms with Gasteiger partial charge in [-0.05, 0) is 0 Å². The fraction of sp³-hybridized carbons (Fsp3) is 0.533. The summed E-state index contributed by atoms with van der Waals surface area (Å²) in [7, 11) is 3.18. The third-order valence-corrected chi connectivity index (χ3v) is 5.34. The Kier molecular flexibility index (Phi) is 4.08. The highest BCUT2D eigenvalue weighted by atomic mass is 32.1. The second-order valence-corrected chi connectivity index (χ2v) is 6.90. The van der Waals surface area contributed by atoms with E-state index < -0.39 is 23.6 Å². The van der Waals surface area contributed by atoms with Crippen LogP contribution in [-0.2, 0) is 18.9 Å². The van der Waals surface area contributed by atoms with Gasteiger partial charge in [-0.1, -0.05) is 0 Å². The van der Waals surface area contributed by atoms with Gasteiger partial charge in [0.2, 0.25) is 0 Å². The molecule has 2 aliphatic rings. The Hall–Kier alpha value is -1.85. The number of nitrogen functional groups attached to an aromatic ring is 1. The van der Waals surface area contributed by atoms with Crippen LogP contribution in [-0.4, -0.2) is 59.8 Å². The van der Waals surface area contributed by atoms with Crippen molar-refractivity contribution >= 4 is 17.2 Å². The van der Waals surface area contributed by atoms with E-state index in [1.54, 1.807) is 26.6 Å². The summed E-state index contributed by atoms with van der Waals surface area (Å²) in [6, 6.07) is 0. The van der Waals surface area contributed by atoms with Crippen molar-refractivity contribution < 1.29 is 18.9 Å². The van der Waals surface area contributed by atoms with Crippen LogP contribution in [0.4, 0.5) is 5.82 Å². The topological polar surface area (TPSA) is 111 Å². The van der Waals surface area contributed by atoms with E-state index in [0.717, 1.165) is 0 Å². The number of hydrogen-bond donors (Lipinski definition) is 1. The minimum Gasteiger partial charge on any atom is -0.383 e. The summed E-state index contributed by atoms with van der Waals surface area (Å²) >= 11 is 1.41. The Morgan fingerprint density at radius 2 is 2.36 bits per heavy atom. The molecule has 9 nitrogen and oxygen atoms in total. The molecule has 0 radical (unpaired) electrons. The Labute approximate surface area is 147 Å². The summed E-state index contributed by atoms with van der Waals surface area (Å²) in [5, 5.41) is 2.51. The van der Waals surface area contributed by atoms with Gasteiger partial charge in [-0.15, -0.1) is 11.3 Å². The van der Waals surface area contributed by atoms with Crippen molar-refractivity contribution in [3.05, 3.63) is 28.3 Å². The lowest BCUT2D eigenvalue weighted by Gasteiger charge is -2.30. The van der Waals surface area contributed by atoms with Crippen LogP contribution in [0.3, 0.4) is 0 Å². The lowest BCUT2D eigenvalue weighted by Crippen LogP contribution is -2.45. The molecule has 0 unspecified atom stereocenters. The molecule has 25 heavy (non-hydrogen) atoms. The van der Waals surface area contributed by atoms with E-state index in [0.29, 0.717) is 23.8 Å². The third-order valence-electron chi connectivity index (χ3n) is 4.53. The van der Waals surface area contributed by atoms with E-state index in [2.05, 4.69) is 9.97 Å². The first-order valence-electron chi connectivity index (χ1n) is 7.69. The van der Waals surface area contributed by atoms with Crippen molar-refractivity contribution in [3.8, 4) is 10.6 Å². The quantitative estimate of drug-likeness (QED) is 0.803. The smallest absolute Gasteiger partial charge is 0.351 e. The standard InChI is InChI=1S/C15H18N4O5S/c1-21-6-15-7-23-9(10(15)22-2)13(24-15)19-5-8(11(16)18-14(19)20)12-17-3-4-25-12/h3-5,9-10,13H,6-7H2,1-2H3,(H2,16,18,20)/t9-,10+,13-,15+/m1/s1. The molecule has 2 aromatic rings. The molecule has 0 aromatic carbocycles. The molecule has 2 bridgehead atoms. The number of methoxy groups -OCH3 is 2. The van der Waals surface area contributed by atoms with Crippen molar-refractivity contribution in [2.24, 2.45) is 0 Å². The Bertz CT molecular complexity index is 826. The van der Waals surface area contributed by atoms with Crippen LogP contribution >= 0.6 is 11.3 Å². The SMILES string of the molecule is COC[C@@]12CO[C@@H]([C@H](n3cc(-c4nccs4)c(N)nc3=O)O1)[C@@H]2OC. The molecule has 4 heterocycles. The van der Waals surface area contributed by atoms with Gasteiger partial charge in [-0.2, -0.15) is 4.98 Å². The highest BCUT2D eigenvalue weighted by Gasteiger charge is 2.63. The second-order valence-electron chi connectivity index (χ2n) is 6.01. The molecule has 4 rings (SSSR count). The van der Waals surface area contributed by atoms with E-state index in [1.807, 2.05) is 5.38 Å². The van der Waals surface area contributed by atoms with Crippen molar-refractivity contribution in [1.82, 2.24) is 14.5 Å². The number of thiazole rings is 1. The molecule has 2 N–H and O–H groups in total. The van der Waals surface area contributed by atoms with Gasteiger partial charge < -0.3 is 24.7 Å². The monoisotopic (exact) mass is 366 g/mol. The number of aromatic nitrogens is 3. The van der Waals surface area contributed by atoms with E-state index in [4.69, 9.17) is 24.7 Å². The highest BCUT2D eigenvalue weighted by molar-refractivity contribution is 7.13. The Morgan fingerprint density at radius 1 is 1.52 bits per heavy atom. The maximum absolute atomic E-state index is 12.4. The summed E-state index contributed by atoms with van der Waals surface area (Å²) in [6.45, 7) is 0.645. The van der Waals surface area contributed by atoms with Gasteiger partial charge in [0.15, 0.2) is 6.23 Å². The fourth-order valence-electron chi connectivity index (χ4n) is 3.50. The molecule has 0 aliphatic carbocycles. The number of rotatable bonds is 5. The Morgan fingerprint density at radius 3 is 3.04 bits per heavy atom. The average molecular weight is 366 g/mol. The zero-order chi connectivity index (χ0) is 17.6. The Balaban J connectivity index is 1.76. The van der Waals surface area contributed by atoms with Crippen LogP contribution in [0.5, 0.6) is 0 Å². The zero-order valence-corrected chi connectivity index (χ0v) is 14.6. The minimum absolute atomic E-state index is 0.134. The summed E-state index contributed by atoms with van der Waals surface area (Å²) in [4.78, 5) is 20.6. The number of fused-ring (bicyclic) bond motifs is 2. The number of hydrogen-bond acceptors (Lipinski definition) is 9. The van der Waals surface area contributed by atoms with Crippen LogP contribution in [0, 0.1) is 0 Å². The molecule has 4 atom stereocenters. The summed E-state index contributed by atoms with van der Waals surface area (Å²) in [5.41, 5.74) is 5.23. The van der Waals surface area contributed by atoms with Crippen molar-refractivity contribution in [3.63, 3.8) is 0 Å². The van der Waals surface area contributed by atoms with Crippen molar-refractivity contribution in [2.45, 2.75) is 24.0 Å². The third kappa shape index (κ3) is 2.49.